The summed E-state index contributed by atoms with van der Waals surface area (Å²) in [7, 11) is 2.11. The Kier molecular flexibility index (Phi) is 5.12. The Morgan fingerprint density at radius 2 is 1.60 bits per heavy atom. The fourth-order valence-corrected chi connectivity index (χ4v) is 2.26. The fraction of sp³-hybridized carbons (Fsp3) is 0.667. The Labute approximate surface area is 108 Å². The summed E-state index contributed by atoms with van der Waals surface area (Å²) in [5.41, 5.74) is 3.88. The molecule has 2 nitrogen and oxygen atoms in total. The second-order valence-corrected chi connectivity index (χ2v) is 4.56. The van der Waals surface area contributed by atoms with E-state index >= 15 is 0 Å². The summed E-state index contributed by atoms with van der Waals surface area (Å²) in [5.74, 6) is 0.550. The van der Waals surface area contributed by atoms with Crippen LogP contribution in [0.15, 0.2) is 23.5 Å². The van der Waals surface area contributed by atoms with Crippen molar-refractivity contribution in [1.82, 2.24) is 10.0 Å². The first-order valence-corrected chi connectivity index (χ1v) is 5.30. The van der Waals surface area contributed by atoms with E-state index in [-0.39, 0.29) is 21.1 Å². The largest absolute Gasteiger partial charge is 0.292 e. The van der Waals surface area contributed by atoms with Crippen LogP contribution in [0.1, 0.15) is 34.6 Å². The normalized spacial score (nSPS) is 16.9. The Morgan fingerprint density at radius 3 is 1.80 bits per heavy atom. The molecule has 0 spiro atoms. The first-order chi connectivity index (χ1) is 6.37. The summed E-state index contributed by atoms with van der Waals surface area (Å²) in [5, 5.41) is 4.47. The molecule has 0 amide bonds. The van der Waals surface area contributed by atoms with Crippen molar-refractivity contribution in [1.29, 1.82) is 0 Å². The molecule has 0 bridgehead atoms. The van der Waals surface area contributed by atoms with Gasteiger partial charge in [-0.25, -0.2) is 0 Å². The summed E-state index contributed by atoms with van der Waals surface area (Å²) in [4.78, 5) is 0. The second-order valence-electron chi connectivity index (χ2n) is 4.56. The van der Waals surface area contributed by atoms with Gasteiger partial charge in [-0.1, -0.05) is 20.4 Å². The third kappa shape index (κ3) is 2.47. The van der Waals surface area contributed by atoms with Gasteiger partial charge >= 0.3 is 0 Å². The van der Waals surface area contributed by atoms with Crippen molar-refractivity contribution < 1.29 is 21.1 Å². The average molecular weight is 378 g/mol. The first kappa shape index (κ1) is 14.8. The number of nitrogens with zero attached hydrogens (tertiary/aromatic N) is 2. The van der Waals surface area contributed by atoms with Crippen LogP contribution in [0.4, 0.5) is 0 Å². The average Bonchev–Trinajstić information content (AvgIpc) is 2.23. The van der Waals surface area contributed by atoms with Crippen molar-refractivity contribution in [3.63, 3.8) is 0 Å². The smallest absolute Gasteiger partial charge is 0.0557 e. The van der Waals surface area contributed by atoms with Crippen LogP contribution in [0.5, 0.6) is 0 Å². The standard InChI is InChI=1S/C12H22N2.W/c1-8(2)12-10(5)13(7)14(9(3)4)11(12)6;/h8-9H,6H2,1-5,7H3;. The molecule has 0 saturated heterocycles. The molecule has 15 heavy (non-hydrogen) atoms. The van der Waals surface area contributed by atoms with E-state index < -0.39 is 0 Å². The van der Waals surface area contributed by atoms with Crippen LogP contribution in [-0.2, 0) is 21.1 Å². The van der Waals surface area contributed by atoms with E-state index in [1.54, 1.807) is 0 Å². The van der Waals surface area contributed by atoms with Crippen LogP contribution >= 0.6 is 0 Å². The summed E-state index contributed by atoms with van der Waals surface area (Å²) >= 11 is 0. The maximum Gasteiger partial charge on any atom is 0.0557 e. The summed E-state index contributed by atoms with van der Waals surface area (Å²) in [6, 6.07) is 0.471. The molecule has 0 aromatic rings. The van der Waals surface area contributed by atoms with Crippen molar-refractivity contribution in [2.45, 2.75) is 40.7 Å². The van der Waals surface area contributed by atoms with Crippen LogP contribution in [0.25, 0.3) is 0 Å². The molecule has 1 aliphatic rings. The molecular formula is C12H22N2W. The number of allylic oxidation sites excluding steroid dienone is 2. The monoisotopic (exact) mass is 378 g/mol. The second kappa shape index (κ2) is 5.20. The van der Waals surface area contributed by atoms with Gasteiger partial charge in [0.2, 0.25) is 0 Å². The van der Waals surface area contributed by atoms with E-state index in [0.717, 1.165) is 5.70 Å². The first-order valence-electron chi connectivity index (χ1n) is 5.30. The van der Waals surface area contributed by atoms with Gasteiger partial charge in [-0.05, 0) is 32.3 Å². The number of hydrogen-bond acceptors (Lipinski definition) is 2. The molecule has 0 N–H and O–H groups in total. The number of hydrazine groups is 1. The molecule has 0 aromatic carbocycles. The number of hydrogen-bond donors (Lipinski definition) is 0. The maximum atomic E-state index is 4.19. The molecule has 0 fully saturated rings. The Hall–Kier alpha value is -0.232. The molecule has 1 aliphatic heterocycles. The van der Waals surface area contributed by atoms with Crippen LogP contribution in [-0.4, -0.2) is 23.1 Å². The molecule has 86 valence electrons. The summed E-state index contributed by atoms with van der Waals surface area (Å²) in [6.07, 6.45) is 0. The van der Waals surface area contributed by atoms with Gasteiger partial charge in [-0.2, -0.15) is 0 Å². The molecule has 0 saturated carbocycles. The minimum absolute atomic E-state index is 0. The zero-order valence-corrected chi connectivity index (χ0v) is 13.6. The van der Waals surface area contributed by atoms with Crippen molar-refractivity contribution >= 4 is 0 Å². The quantitative estimate of drug-likeness (QED) is 0.729. The molecule has 1 heterocycles. The van der Waals surface area contributed by atoms with E-state index in [1.165, 1.54) is 11.3 Å². The Balaban J connectivity index is 0.00000196. The number of rotatable bonds is 2. The van der Waals surface area contributed by atoms with E-state index in [1.807, 2.05) is 0 Å². The zero-order valence-electron chi connectivity index (χ0n) is 10.7. The topological polar surface area (TPSA) is 6.48 Å². The van der Waals surface area contributed by atoms with Crippen molar-refractivity contribution in [2.75, 3.05) is 7.05 Å². The molecule has 3 heteroatoms. The van der Waals surface area contributed by atoms with Crippen LogP contribution in [0, 0.1) is 5.92 Å². The SMILES string of the molecule is C=C1C(C(C)C)=C(C)N(C)N1C(C)C.[W]. The van der Waals surface area contributed by atoms with E-state index in [2.05, 4.69) is 58.3 Å². The van der Waals surface area contributed by atoms with Crippen LogP contribution in [0.3, 0.4) is 0 Å². The zero-order chi connectivity index (χ0) is 11.0. The minimum atomic E-state index is 0. The molecule has 0 aliphatic carbocycles. The van der Waals surface area contributed by atoms with Crippen molar-refractivity contribution in [3.05, 3.63) is 23.5 Å². The van der Waals surface area contributed by atoms with Gasteiger partial charge in [0.25, 0.3) is 0 Å². The van der Waals surface area contributed by atoms with Gasteiger partial charge in [-0.15, -0.1) is 0 Å². The van der Waals surface area contributed by atoms with Crippen molar-refractivity contribution in [2.24, 2.45) is 5.92 Å². The molecule has 1 rings (SSSR count). The molecule has 0 aromatic heterocycles. The molecule has 0 atom stereocenters. The van der Waals surface area contributed by atoms with Gasteiger partial charge in [0.05, 0.1) is 5.70 Å². The molecule has 0 unspecified atom stereocenters. The van der Waals surface area contributed by atoms with Crippen LogP contribution in [0.2, 0.25) is 0 Å². The summed E-state index contributed by atoms with van der Waals surface area (Å²) < 4.78 is 0. The Bertz CT molecular complexity index is 279. The maximum absolute atomic E-state index is 4.19. The summed E-state index contributed by atoms with van der Waals surface area (Å²) in [6.45, 7) is 15.2. The van der Waals surface area contributed by atoms with E-state index in [0.29, 0.717) is 12.0 Å². The third-order valence-corrected chi connectivity index (χ3v) is 2.85. The fourth-order valence-electron chi connectivity index (χ4n) is 2.26. The van der Waals surface area contributed by atoms with Gasteiger partial charge in [-0.3, -0.25) is 10.0 Å². The van der Waals surface area contributed by atoms with Crippen molar-refractivity contribution in [3.8, 4) is 0 Å². The van der Waals surface area contributed by atoms with Gasteiger partial charge in [0.1, 0.15) is 0 Å². The van der Waals surface area contributed by atoms with Gasteiger partial charge in [0.15, 0.2) is 0 Å². The third-order valence-electron chi connectivity index (χ3n) is 2.85. The van der Waals surface area contributed by atoms with E-state index in [9.17, 15) is 0 Å². The molecule has 0 radical (unpaired) electrons. The van der Waals surface area contributed by atoms with Gasteiger partial charge in [0, 0.05) is 39.9 Å². The van der Waals surface area contributed by atoms with Crippen LogP contribution < -0.4 is 0 Å². The Morgan fingerprint density at radius 1 is 1.13 bits per heavy atom. The molecular weight excluding hydrogens is 356 g/mol. The minimum Gasteiger partial charge on any atom is -0.292 e. The predicted octanol–water partition coefficient (Wildman–Crippen LogP) is 3.00. The predicted molar refractivity (Wildman–Crippen MR) is 61.4 cm³/mol. The van der Waals surface area contributed by atoms with Gasteiger partial charge < -0.3 is 0 Å². The van der Waals surface area contributed by atoms with E-state index in [4.69, 9.17) is 0 Å².